The Bertz CT molecular complexity index is 1000. The highest BCUT2D eigenvalue weighted by molar-refractivity contribution is 7.91. The summed E-state index contributed by atoms with van der Waals surface area (Å²) in [6, 6.07) is 5.47. The van der Waals surface area contributed by atoms with Gasteiger partial charge in [-0.15, -0.1) is 5.10 Å². The van der Waals surface area contributed by atoms with Gasteiger partial charge in [0.25, 0.3) is 0 Å². The maximum Gasteiger partial charge on any atom is 0.407 e. The molecule has 0 aliphatic heterocycles. The van der Waals surface area contributed by atoms with Gasteiger partial charge in [-0.05, 0) is 45.7 Å². The molecule has 0 fully saturated rings. The minimum absolute atomic E-state index is 0.0137. The van der Waals surface area contributed by atoms with Gasteiger partial charge in [0.2, 0.25) is 21.6 Å². The molecular formula is C19H26N4O6S. The quantitative estimate of drug-likeness (QED) is 0.670. The summed E-state index contributed by atoms with van der Waals surface area (Å²) in [7, 11) is -4.11. The molecule has 1 aromatic carbocycles. The van der Waals surface area contributed by atoms with Crippen LogP contribution in [0.2, 0.25) is 0 Å². The molecule has 0 bridgehead atoms. The second kappa shape index (κ2) is 9.24. The van der Waals surface area contributed by atoms with Crippen LogP contribution < -0.4 is 10.6 Å². The Labute approximate surface area is 175 Å². The molecule has 0 aliphatic rings. The lowest BCUT2D eigenvalue weighted by Crippen LogP contribution is -2.33. The van der Waals surface area contributed by atoms with E-state index in [1.54, 1.807) is 20.8 Å². The van der Waals surface area contributed by atoms with E-state index in [4.69, 9.17) is 9.15 Å². The van der Waals surface area contributed by atoms with E-state index < -0.39 is 38.4 Å². The molecule has 0 unspecified atom stereocenters. The van der Waals surface area contributed by atoms with Crippen LogP contribution in [-0.4, -0.2) is 48.5 Å². The Morgan fingerprint density at radius 3 is 2.37 bits per heavy atom. The van der Waals surface area contributed by atoms with Crippen molar-refractivity contribution in [2.24, 2.45) is 0 Å². The molecule has 2 N–H and O–H groups in total. The van der Waals surface area contributed by atoms with Crippen molar-refractivity contribution in [1.82, 2.24) is 15.5 Å². The minimum atomic E-state index is -4.11. The SMILES string of the molecule is Cc1cccc(C)c1NC(=O)CS(=O)(=O)c1nnc(CCNC(=O)OC(C)(C)C)o1. The van der Waals surface area contributed by atoms with Gasteiger partial charge in [-0.2, -0.15) is 0 Å². The van der Waals surface area contributed by atoms with E-state index in [0.717, 1.165) is 11.1 Å². The molecule has 0 saturated heterocycles. The fraction of sp³-hybridized carbons (Fsp3) is 0.474. The number of nitrogens with one attached hydrogen (secondary N) is 2. The normalized spacial score (nSPS) is 11.8. The van der Waals surface area contributed by atoms with E-state index in [9.17, 15) is 18.0 Å². The average molecular weight is 439 g/mol. The molecular weight excluding hydrogens is 412 g/mol. The number of benzene rings is 1. The van der Waals surface area contributed by atoms with E-state index in [0.29, 0.717) is 5.69 Å². The van der Waals surface area contributed by atoms with Crippen LogP contribution in [0, 0.1) is 13.8 Å². The number of carbonyl (C=O) groups is 2. The molecule has 0 aliphatic carbocycles. The molecule has 0 atom stereocenters. The number of amides is 2. The lowest BCUT2D eigenvalue weighted by molar-refractivity contribution is -0.113. The van der Waals surface area contributed by atoms with Crippen LogP contribution in [0.25, 0.3) is 0 Å². The molecule has 1 aromatic heterocycles. The largest absolute Gasteiger partial charge is 0.444 e. The monoisotopic (exact) mass is 438 g/mol. The van der Waals surface area contributed by atoms with Gasteiger partial charge in [-0.3, -0.25) is 4.79 Å². The van der Waals surface area contributed by atoms with Crippen molar-refractivity contribution in [3.05, 3.63) is 35.2 Å². The summed E-state index contributed by atoms with van der Waals surface area (Å²) in [5, 5.41) is 11.6. The van der Waals surface area contributed by atoms with Crippen molar-refractivity contribution in [1.29, 1.82) is 0 Å². The number of para-hydroxylation sites is 1. The van der Waals surface area contributed by atoms with Gasteiger partial charge in [-0.25, -0.2) is 13.2 Å². The van der Waals surface area contributed by atoms with Gasteiger partial charge in [0.15, 0.2) is 0 Å². The molecule has 2 amide bonds. The lowest BCUT2D eigenvalue weighted by Gasteiger charge is -2.19. The van der Waals surface area contributed by atoms with Crippen LogP contribution in [-0.2, 0) is 25.8 Å². The van der Waals surface area contributed by atoms with Crippen LogP contribution in [0.4, 0.5) is 10.5 Å². The van der Waals surface area contributed by atoms with Crippen molar-refractivity contribution in [2.45, 2.75) is 51.9 Å². The number of carbonyl (C=O) groups excluding carboxylic acids is 2. The van der Waals surface area contributed by atoms with Crippen molar-refractivity contribution in [3.8, 4) is 0 Å². The molecule has 0 radical (unpaired) electrons. The van der Waals surface area contributed by atoms with Gasteiger partial charge in [0.05, 0.1) is 0 Å². The predicted octanol–water partition coefficient (Wildman–Crippen LogP) is 2.17. The number of hydrogen-bond acceptors (Lipinski definition) is 8. The first-order valence-electron chi connectivity index (χ1n) is 9.25. The Balaban J connectivity index is 1.93. The standard InChI is InChI=1S/C19H26N4O6S/c1-12-7-6-8-13(2)16(12)21-14(24)11-30(26,27)18-23-22-15(28-18)9-10-20-17(25)29-19(3,4)5/h6-8H,9-11H2,1-5H3,(H,20,25)(H,21,24). The third kappa shape index (κ3) is 6.83. The fourth-order valence-electron chi connectivity index (χ4n) is 2.47. The van der Waals surface area contributed by atoms with Gasteiger partial charge in [-0.1, -0.05) is 23.3 Å². The minimum Gasteiger partial charge on any atom is -0.444 e. The molecule has 0 spiro atoms. The molecule has 0 saturated carbocycles. The van der Waals surface area contributed by atoms with Crippen molar-refractivity contribution in [3.63, 3.8) is 0 Å². The third-order valence-corrected chi connectivity index (χ3v) is 5.13. The zero-order valence-electron chi connectivity index (χ0n) is 17.6. The summed E-state index contributed by atoms with van der Waals surface area (Å²) in [5.74, 6) is -1.53. The highest BCUT2D eigenvalue weighted by Crippen LogP contribution is 2.20. The van der Waals surface area contributed by atoms with Gasteiger partial charge < -0.3 is 19.8 Å². The number of alkyl carbamates (subject to hydrolysis) is 1. The maximum atomic E-state index is 12.4. The van der Waals surface area contributed by atoms with E-state index >= 15 is 0 Å². The molecule has 2 rings (SSSR count). The van der Waals surface area contributed by atoms with Gasteiger partial charge >= 0.3 is 11.3 Å². The second-order valence-electron chi connectivity index (χ2n) is 7.71. The highest BCUT2D eigenvalue weighted by Gasteiger charge is 2.26. The summed E-state index contributed by atoms with van der Waals surface area (Å²) < 4.78 is 35.1. The Morgan fingerprint density at radius 1 is 1.13 bits per heavy atom. The molecule has 11 heteroatoms. The summed E-state index contributed by atoms with van der Waals surface area (Å²) in [5.41, 5.74) is 1.57. The summed E-state index contributed by atoms with van der Waals surface area (Å²) in [6.07, 6.45) is -0.505. The number of nitrogens with zero attached hydrogens (tertiary/aromatic N) is 2. The number of anilines is 1. The molecule has 30 heavy (non-hydrogen) atoms. The Kier molecular flexibility index (Phi) is 7.19. The Hall–Kier alpha value is -2.95. The van der Waals surface area contributed by atoms with Crippen molar-refractivity contribution < 1.29 is 27.2 Å². The van der Waals surface area contributed by atoms with Crippen LogP contribution >= 0.6 is 0 Å². The number of aromatic nitrogens is 2. The number of sulfone groups is 1. The number of aryl methyl sites for hydroxylation is 2. The number of hydrogen-bond donors (Lipinski definition) is 2. The van der Waals surface area contributed by atoms with Crippen LogP contribution in [0.5, 0.6) is 0 Å². The van der Waals surface area contributed by atoms with E-state index in [2.05, 4.69) is 20.8 Å². The smallest absolute Gasteiger partial charge is 0.407 e. The zero-order chi connectivity index (χ0) is 22.5. The summed E-state index contributed by atoms with van der Waals surface area (Å²) in [6.45, 7) is 8.94. The molecule has 164 valence electrons. The molecule has 1 heterocycles. The average Bonchev–Trinajstić information content (AvgIpc) is 3.06. The van der Waals surface area contributed by atoms with Crippen LogP contribution in [0.15, 0.2) is 27.8 Å². The van der Waals surface area contributed by atoms with Crippen LogP contribution in [0.1, 0.15) is 37.8 Å². The number of rotatable bonds is 7. The molecule has 10 nitrogen and oxygen atoms in total. The second-order valence-corrected chi connectivity index (χ2v) is 9.58. The third-order valence-electron chi connectivity index (χ3n) is 3.79. The predicted molar refractivity (Wildman–Crippen MR) is 109 cm³/mol. The maximum absolute atomic E-state index is 12.4. The van der Waals surface area contributed by atoms with Gasteiger partial charge in [0, 0.05) is 18.7 Å². The number of ether oxygens (including phenoxy) is 1. The van der Waals surface area contributed by atoms with Crippen molar-refractivity contribution in [2.75, 3.05) is 17.6 Å². The molecule has 2 aromatic rings. The first-order chi connectivity index (χ1) is 13.9. The fourth-order valence-corrected chi connectivity index (χ4v) is 3.40. The van der Waals surface area contributed by atoms with Gasteiger partial charge in [0.1, 0.15) is 11.4 Å². The Morgan fingerprint density at radius 2 is 1.77 bits per heavy atom. The van der Waals surface area contributed by atoms with E-state index in [-0.39, 0.29) is 18.9 Å². The first-order valence-corrected chi connectivity index (χ1v) is 10.9. The first kappa shape index (κ1) is 23.3. The van der Waals surface area contributed by atoms with E-state index in [1.165, 1.54) is 0 Å². The lowest BCUT2D eigenvalue weighted by atomic mass is 10.1. The van der Waals surface area contributed by atoms with E-state index in [1.807, 2.05) is 32.0 Å². The summed E-state index contributed by atoms with van der Waals surface area (Å²) >= 11 is 0. The summed E-state index contributed by atoms with van der Waals surface area (Å²) in [4.78, 5) is 23.8. The van der Waals surface area contributed by atoms with Crippen LogP contribution in [0.3, 0.4) is 0 Å². The topological polar surface area (TPSA) is 140 Å². The zero-order valence-corrected chi connectivity index (χ0v) is 18.4. The van der Waals surface area contributed by atoms with Crippen molar-refractivity contribution >= 4 is 27.5 Å². The highest BCUT2D eigenvalue weighted by atomic mass is 32.2.